The lowest BCUT2D eigenvalue weighted by Gasteiger charge is -2.26. The van der Waals surface area contributed by atoms with Crippen LogP contribution >= 0.6 is 0 Å². The Morgan fingerprint density at radius 2 is 1.75 bits per heavy atom. The zero-order valence-corrected chi connectivity index (χ0v) is 9.86. The largest absolute Gasteiger partial charge is 0.370 e. The minimum atomic E-state index is 0.528. The molecule has 0 amide bonds. The second-order valence-corrected chi connectivity index (χ2v) is 4.47. The molecule has 3 heteroatoms. The third-order valence-corrected chi connectivity index (χ3v) is 3.24. The molecular weight excluding hydrogens is 198 g/mol. The number of nitrogens with two attached hydrogens (primary N) is 1. The van der Waals surface area contributed by atoms with Crippen LogP contribution in [-0.2, 0) is 6.54 Å². The number of aromatic nitrogens is 1. The first kappa shape index (κ1) is 11.4. The zero-order valence-electron chi connectivity index (χ0n) is 9.86. The van der Waals surface area contributed by atoms with E-state index in [1.165, 1.54) is 50.9 Å². The average Bonchev–Trinajstić information content (AvgIpc) is 2.29. The van der Waals surface area contributed by atoms with Crippen molar-refractivity contribution in [2.75, 3.05) is 18.0 Å². The second-order valence-electron chi connectivity index (χ2n) is 4.47. The summed E-state index contributed by atoms with van der Waals surface area (Å²) in [6, 6.07) is 4.19. The number of hydrogen-bond acceptors (Lipinski definition) is 3. The van der Waals surface area contributed by atoms with Gasteiger partial charge in [0.2, 0.25) is 0 Å². The van der Waals surface area contributed by atoms with Crippen molar-refractivity contribution in [3.63, 3.8) is 0 Å². The lowest BCUT2D eigenvalue weighted by Crippen LogP contribution is -2.27. The summed E-state index contributed by atoms with van der Waals surface area (Å²) < 4.78 is 0. The fourth-order valence-corrected chi connectivity index (χ4v) is 2.23. The summed E-state index contributed by atoms with van der Waals surface area (Å²) in [5, 5.41) is 0. The Morgan fingerprint density at radius 1 is 1.06 bits per heavy atom. The Balaban J connectivity index is 2.02. The Kier molecular flexibility index (Phi) is 4.17. The predicted octanol–water partition coefficient (Wildman–Crippen LogP) is 2.31. The smallest absolute Gasteiger partial charge is 0.0552 e. The van der Waals surface area contributed by atoms with Gasteiger partial charge in [-0.2, -0.15) is 0 Å². The van der Waals surface area contributed by atoms with Crippen LogP contribution < -0.4 is 10.6 Å². The number of pyridine rings is 1. The molecule has 0 saturated carbocycles. The Labute approximate surface area is 97.7 Å². The van der Waals surface area contributed by atoms with Gasteiger partial charge in [-0.3, -0.25) is 4.98 Å². The molecule has 0 spiro atoms. The van der Waals surface area contributed by atoms with E-state index in [9.17, 15) is 0 Å². The van der Waals surface area contributed by atoms with Gasteiger partial charge in [0, 0.05) is 19.6 Å². The van der Waals surface area contributed by atoms with Crippen molar-refractivity contribution in [2.24, 2.45) is 5.73 Å². The molecule has 2 N–H and O–H groups in total. The minimum absolute atomic E-state index is 0.528. The van der Waals surface area contributed by atoms with Crippen molar-refractivity contribution >= 4 is 5.69 Å². The normalized spacial score (nSPS) is 17.9. The molecule has 16 heavy (non-hydrogen) atoms. The summed E-state index contributed by atoms with van der Waals surface area (Å²) in [5.41, 5.74) is 7.77. The van der Waals surface area contributed by atoms with E-state index in [2.05, 4.69) is 16.0 Å². The van der Waals surface area contributed by atoms with Gasteiger partial charge in [-0.1, -0.05) is 19.3 Å². The number of nitrogens with zero attached hydrogens (tertiary/aromatic N) is 2. The molecule has 1 aromatic heterocycles. The molecular formula is C13H21N3. The summed E-state index contributed by atoms with van der Waals surface area (Å²) in [4.78, 5) is 6.81. The Morgan fingerprint density at radius 3 is 2.31 bits per heavy atom. The highest BCUT2D eigenvalue weighted by atomic mass is 15.1. The number of rotatable bonds is 2. The molecule has 2 rings (SSSR count). The van der Waals surface area contributed by atoms with Gasteiger partial charge in [0.1, 0.15) is 0 Å². The van der Waals surface area contributed by atoms with Gasteiger partial charge in [0.05, 0.1) is 17.6 Å². The van der Waals surface area contributed by atoms with E-state index in [0.717, 1.165) is 5.69 Å². The molecule has 1 aromatic rings. The monoisotopic (exact) mass is 219 g/mol. The standard InChI is InChI=1S/C13H21N3/c14-10-12-6-7-13(11-15-12)16-8-4-2-1-3-5-9-16/h6-7,11H,1-5,8-10,14H2. The van der Waals surface area contributed by atoms with E-state index >= 15 is 0 Å². The van der Waals surface area contributed by atoms with Gasteiger partial charge in [-0.05, 0) is 25.0 Å². The molecule has 88 valence electrons. The van der Waals surface area contributed by atoms with Gasteiger partial charge >= 0.3 is 0 Å². The first-order valence-electron chi connectivity index (χ1n) is 6.30. The summed E-state index contributed by atoms with van der Waals surface area (Å²) in [5.74, 6) is 0. The second kappa shape index (κ2) is 5.85. The Bertz CT molecular complexity index is 299. The lowest BCUT2D eigenvalue weighted by atomic mass is 10.1. The van der Waals surface area contributed by atoms with Crippen LogP contribution in [0.3, 0.4) is 0 Å². The summed E-state index contributed by atoms with van der Waals surface area (Å²) >= 11 is 0. The first-order valence-corrected chi connectivity index (χ1v) is 6.30. The molecule has 1 aliphatic rings. The molecule has 1 aliphatic heterocycles. The molecule has 0 atom stereocenters. The number of anilines is 1. The van der Waals surface area contributed by atoms with Crippen molar-refractivity contribution in [3.05, 3.63) is 24.0 Å². The van der Waals surface area contributed by atoms with E-state index in [4.69, 9.17) is 5.73 Å². The average molecular weight is 219 g/mol. The van der Waals surface area contributed by atoms with E-state index in [1.807, 2.05) is 12.3 Å². The highest BCUT2D eigenvalue weighted by Crippen LogP contribution is 2.18. The molecule has 2 heterocycles. The van der Waals surface area contributed by atoms with Crippen LogP contribution in [-0.4, -0.2) is 18.1 Å². The van der Waals surface area contributed by atoms with Gasteiger partial charge < -0.3 is 10.6 Å². The molecule has 3 nitrogen and oxygen atoms in total. The van der Waals surface area contributed by atoms with E-state index in [-0.39, 0.29) is 0 Å². The highest BCUT2D eigenvalue weighted by Gasteiger charge is 2.08. The van der Waals surface area contributed by atoms with Crippen molar-refractivity contribution < 1.29 is 0 Å². The molecule has 1 fully saturated rings. The topological polar surface area (TPSA) is 42.1 Å². The SMILES string of the molecule is NCc1ccc(N2CCCCCCC2)cn1. The minimum Gasteiger partial charge on any atom is -0.370 e. The van der Waals surface area contributed by atoms with Crippen LogP contribution in [0.5, 0.6) is 0 Å². The van der Waals surface area contributed by atoms with Crippen LogP contribution in [0.2, 0.25) is 0 Å². The van der Waals surface area contributed by atoms with E-state index in [0.29, 0.717) is 6.54 Å². The zero-order chi connectivity index (χ0) is 11.2. The van der Waals surface area contributed by atoms with Crippen molar-refractivity contribution in [1.82, 2.24) is 4.98 Å². The van der Waals surface area contributed by atoms with E-state index < -0.39 is 0 Å². The van der Waals surface area contributed by atoms with Gasteiger partial charge in [-0.15, -0.1) is 0 Å². The maximum atomic E-state index is 5.55. The predicted molar refractivity (Wildman–Crippen MR) is 67.4 cm³/mol. The van der Waals surface area contributed by atoms with Crippen LogP contribution in [0, 0.1) is 0 Å². The summed E-state index contributed by atoms with van der Waals surface area (Å²) in [6.45, 7) is 2.87. The quantitative estimate of drug-likeness (QED) is 0.830. The molecule has 0 aliphatic carbocycles. The number of hydrogen-bond donors (Lipinski definition) is 1. The fourth-order valence-electron chi connectivity index (χ4n) is 2.23. The Hall–Kier alpha value is -1.09. The van der Waals surface area contributed by atoms with Gasteiger partial charge in [0.15, 0.2) is 0 Å². The highest BCUT2D eigenvalue weighted by molar-refractivity contribution is 5.44. The van der Waals surface area contributed by atoms with E-state index in [1.54, 1.807) is 0 Å². The van der Waals surface area contributed by atoms with Crippen molar-refractivity contribution in [2.45, 2.75) is 38.6 Å². The molecule has 0 aromatic carbocycles. The fraction of sp³-hybridized carbons (Fsp3) is 0.615. The lowest BCUT2D eigenvalue weighted by molar-refractivity contribution is 0.556. The van der Waals surface area contributed by atoms with Gasteiger partial charge in [-0.25, -0.2) is 0 Å². The van der Waals surface area contributed by atoms with Gasteiger partial charge in [0.25, 0.3) is 0 Å². The van der Waals surface area contributed by atoms with Crippen molar-refractivity contribution in [1.29, 1.82) is 0 Å². The van der Waals surface area contributed by atoms with Crippen molar-refractivity contribution in [3.8, 4) is 0 Å². The molecule has 0 bridgehead atoms. The summed E-state index contributed by atoms with van der Waals surface area (Å²) in [6.07, 6.45) is 8.70. The first-order chi connectivity index (χ1) is 7.90. The molecule has 0 unspecified atom stereocenters. The maximum Gasteiger partial charge on any atom is 0.0552 e. The maximum absolute atomic E-state index is 5.55. The molecule has 0 radical (unpaired) electrons. The third kappa shape index (κ3) is 2.95. The van der Waals surface area contributed by atoms with Crippen LogP contribution in [0.4, 0.5) is 5.69 Å². The summed E-state index contributed by atoms with van der Waals surface area (Å²) in [7, 11) is 0. The van der Waals surface area contributed by atoms with Crippen LogP contribution in [0.25, 0.3) is 0 Å². The van der Waals surface area contributed by atoms with Crippen LogP contribution in [0.15, 0.2) is 18.3 Å². The molecule has 1 saturated heterocycles. The van der Waals surface area contributed by atoms with Crippen LogP contribution in [0.1, 0.15) is 37.8 Å². The third-order valence-electron chi connectivity index (χ3n) is 3.24.